The molecule has 0 aliphatic heterocycles. The zero-order valence-corrected chi connectivity index (χ0v) is 14.0. The van der Waals surface area contributed by atoms with E-state index in [2.05, 4.69) is 22.9 Å². The molecule has 0 fully saturated rings. The number of carbonyl (C=O) groups excluding carboxylic acids is 1. The van der Waals surface area contributed by atoms with Crippen LogP contribution in [0.1, 0.15) is 46.9 Å². The molecule has 0 saturated heterocycles. The Kier molecular flexibility index (Phi) is 6.85. The van der Waals surface area contributed by atoms with Crippen molar-refractivity contribution >= 4 is 21.9 Å². The van der Waals surface area contributed by atoms with E-state index in [1.54, 1.807) is 26.4 Å². The van der Waals surface area contributed by atoms with Gasteiger partial charge in [-0.05, 0) is 18.6 Å². The zero-order valence-electron chi connectivity index (χ0n) is 12.4. The van der Waals surface area contributed by atoms with E-state index in [0.717, 1.165) is 24.8 Å². The van der Waals surface area contributed by atoms with Gasteiger partial charge >= 0.3 is 5.97 Å². The summed E-state index contributed by atoms with van der Waals surface area (Å²) in [4.78, 5) is 12.0. The van der Waals surface area contributed by atoms with Gasteiger partial charge in [-0.15, -0.1) is 0 Å². The highest BCUT2D eigenvalue weighted by Crippen LogP contribution is 2.42. The summed E-state index contributed by atoms with van der Waals surface area (Å²) in [5.74, 6) is 0.811. The van der Waals surface area contributed by atoms with Crippen LogP contribution in [0.4, 0.5) is 0 Å². The maximum Gasteiger partial charge on any atom is 0.338 e. The number of benzene rings is 1. The lowest BCUT2D eigenvalue weighted by molar-refractivity contribution is 0.0599. The van der Waals surface area contributed by atoms with Gasteiger partial charge in [0.25, 0.3) is 0 Å². The van der Waals surface area contributed by atoms with Crippen LogP contribution in [0.3, 0.4) is 0 Å². The first-order valence-corrected chi connectivity index (χ1v) is 7.49. The quantitative estimate of drug-likeness (QED) is 0.551. The molecule has 1 unspecified atom stereocenters. The third kappa shape index (κ3) is 3.66. The number of halogens is 1. The highest BCUT2D eigenvalue weighted by molar-refractivity contribution is 9.09. The number of rotatable bonds is 7. The number of carbonyl (C=O) groups is 1. The average Bonchev–Trinajstić information content (AvgIpc) is 2.49. The fourth-order valence-corrected chi connectivity index (χ4v) is 2.86. The Morgan fingerprint density at radius 1 is 1.25 bits per heavy atom. The lowest BCUT2D eigenvalue weighted by atomic mass is 9.99. The Morgan fingerprint density at radius 3 is 2.45 bits per heavy atom. The molecule has 4 nitrogen and oxygen atoms in total. The number of hydrogen-bond acceptors (Lipinski definition) is 4. The highest BCUT2D eigenvalue weighted by atomic mass is 79.9. The summed E-state index contributed by atoms with van der Waals surface area (Å²) >= 11 is 3.65. The van der Waals surface area contributed by atoms with Gasteiger partial charge in [0.2, 0.25) is 0 Å². The van der Waals surface area contributed by atoms with Crippen LogP contribution >= 0.6 is 15.9 Å². The lowest BCUT2D eigenvalue weighted by Crippen LogP contribution is -2.09. The SMILES string of the molecule is CCCCC(Br)c1c(C(=O)OC)ccc(OC)c1OC. The van der Waals surface area contributed by atoms with Crippen LogP contribution in [0, 0.1) is 0 Å². The molecular formula is C15H21BrO4. The van der Waals surface area contributed by atoms with E-state index in [4.69, 9.17) is 14.2 Å². The van der Waals surface area contributed by atoms with Crippen molar-refractivity contribution < 1.29 is 19.0 Å². The van der Waals surface area contributed by atoms with Gasteiger partial charge < -0.3 is 14.2 Å². The number of methoxy groups -OCH3 is 3. The van der Waals surface area contributed by atoms with Crippen LogP contribution in [-0.4, -0.2) is 27.3 Å². The number of hydrogen-bond donors (Lipinski definition) is 0. The normalized spacial score (nSPS) is 11.8. The summed E-state index contributed by atoms with van der Waals surface area (Å²) in [6.45, 7) is 2.13. The van der Waals surface area contributed by atoms with Crippen molar-refractivity contribution in [3.05, 3.63) is 23.3 Å². The van der Waals surface area contributed by atoms with Crippen LogP contribution in [0.5, 0.6) is 11.5 Å². The molecule has 0 amide bonds. The van der Waals surface area contributed by atoms with Crippen LogP contribution in [0.25, 0.3) is 0 Å². The minimum Gasteiger partial charge on any atom is -0.493 e. The van der Waals surface area contributed by atoms with Crippen LogP contribution in [0.2, 0.25) is 0 Å². The smallest absolute Gasteiger partial charge is 0.338 e. The van der Waals surface area contributed by atoms with Gasteiger partial charge in [-0.1, -0.05) is 35.7 Å². The molecule has 20 heavy (non-hydrogen) atoms. The van der Waals surface area contributed by atoms with Gasteiger partial charge in [-0.3, -0.25) is 0 Å². The second-order valence-corrected chi connectivity index (χ2v) is 5.47. The summed E-state index contributed by atoms with van der Waals surface area (Å²) in [7, 11) is 4.52. The van der Waals surface area contributed by atoms with Gasteiger partial charge in [0.15, 0.2) is 11.5 Å². The summed E-state index contributed by atoms with van der Waals surface area (Å²) in [5.41, 5.74) is 1.29. The summed E-state index contributed by atoms with van der Waals surface area (Å²) < 4.78 is 15.6. The summed E-state index contributed by atoms with van der Waals surface area (Å²) in [6, 6.07) is 3.43. The van der Waals surface area contributed by atoms with Crippen molar-refractivity contribution in [1.82, 2.24) is 0 Å². The highest BCUT2D eigenvalue weighted by Gasteiger charge is 2.25. The lowest BCUT2D eigenvalue weighted by Gasteiger charge is -2.19. The largest absolute Gasteiger partial charge is 0.493 e. The Balaban J connectivity index is 3.34. The van der Waals surface area contributed by atoms with Gasteiger partial charge in [0.1, 0.15) is 0 Å². The minimum atomic E-state index is -0.373. The molecule has 0 radical (unpaired) electrons. The summed E-state index contributed by atoms with van der Waals surface area (Å²) in [5, 5.41) is 0. The first-order chi connectivity index (χ1) is 9.60. The fourth-order valence-electron chi connectivity index (χ4n) is 2.08. The maximum atomic E-state index is 11.9. The molecule has 0 aliphatic carbocycles. The number of ether oxygens (including phenoxy) is 3. The molecule has 0 N–H and O–H groups in total. The topological polar surface area (TPSA) is 44.8 Å². The van der Waals surface area contributed by atoms with Crippen molar-refractivity contribution in [1.29, 1.82) is 0 Å². The van der Waals surface area contributed by atoms with Crippen molar-refractivity contribution in [3.63, 3.8) is 0 Å². The van der Waals surface area contributed by atoms with E-state index in [0.29, 0.717) is 17.1 Å². The Hall–Kier alpha value is -1.23. The van der Waals surface area contributed by atoms with E-state index < -0.39 is 0 Å². The van der Waals surface area contributed by atoms with Crippen molar-refractivity contribution in [2.75, 3.05) is 21.3 Å². The first kappa shape index (κ1) is 16.8. The van der Waals surface area contributed by atoms with Crippen LogP contribution in [0.15, 0.2) is 12.1 Å². The Bertz CT molecular complexity index is 459. The maximum absolute atomic E-state index is 11.9. The van der Waals surface area contributed by atoms with Crippen molar-refractivity contribution in [3.8, 4) is 11.5 Å². The molecule has 1 aromatic rings. The molecule has 112 valence electrons. The third-order valence-corrected chi connectivity index (χ3v) is 4.03. The molecule has 0 aromatic heterocycles. The Labute approximate surface area is 128 Å². The molecule has 1 aromatic carbocycles. The van der Waals surface area contributed by atoms with Gasteiger partial charge in [-0.25, -0.2) is 4.79 Å². The standard InChI is InChI=1S/C15H21BrO4/c1-5-6-7-11(16)13-10(15(17)20-4)8-9-12(18-2)14(13)19-3/h8-9,11H,5-7H2,1-4H3. The fraction of sp³-hybridized carbons (Fsp3) is 0.533. The minimum absolute atomic E-state index is 0.0154. The average molecular weight is 345 g/mol. The second kappa shape index (κ2) is 8.15. The predicted octanol–water partition coefficient (Wildman–Crippen LogP) is 4.12. The van der Waals surface area contributed by atoms with Crippen LogP contribution < -0.4 is 9.47 Å². The summed E-state index contributed by atoms with van der Waals surface area (Å²) in [6.07, 6.45) is 3.04. The third-order valence-electron chi connectivity index (χ3n) is 3.11. The van der Waals surface area contributed by atoms with E-state index in [9.17, 15) is 4.79 Å². The zero-order chi connectivity index (χ0) is 15.1. The number of unbranched alkanes of at least 4 members (excludes halogenated alkanes) is 1. The first-order valence-electron chi connectivity index (χ1n) is 6.57. The van der Waals surface area contributed by atoms with Gasteiger partial charge in [-0.2, -0.15) is 0 Å². The van der Waals surface area contributed by atoms with E-state index in [1.807, 2.05) is 0 Å². The molecule has 1 rings (SSSR count). The Morgan fingerprint density at radius 2 is 1.95 bits per heavy atom. The van der Waals surface area contributed by atoms with Crippen LogP contribution in [-0.2, 0) is 4.74 Å². The molecule has 0 aliphatic rings. The van der Waals surface area contributed by atoms with E-state index >= 15 is 0 Å². The van der Waals surface area contributed by atoms with Gasteiger partial charge in [0.05, 0.1) is 26.9 Å². The number of esters is 1. The van der Waals surface area contributed by atoms with Crippen molar-refractivity contribution in [2.24, 2.45) is 0 Å². The van der Waals surface area contributed by atoms with E-state index in [-0.39, 0.29) is 10.8 Å². The van der Waals surface area contributed by atoms with Gasteiger partial charge in [0, 0.05) is 10.4 Å². The second-order valence-electron chi connectivity index (χ2n) is 4.36. The molecule has 0 heterocycles. The monoisotopic (exact) mass is 344 g/mol. The molecule has 0 bridgehead atoms. The molecule has 0 saturated carbocycles. The van der Waals surface area contributed by atoms with E-state index in [1.165, 1.54) is 7.11 Å². The molecule has 5 heteroatoms. The predicted molar refractivity (Wildman–Crippen MR) is 82.1 cm³/mol. The molecule has 0 spiro atoms. The van der Waals surface area contributed by atoms with Crippen molar-refractivity contribution in [2.45, 2.75) is 31.0 Å². The molecule has 1 atom stereocenters. The molecular weight excluding hydrogens is 324 g/mol. The number of alkyl halides is 1.